The standard InChI is InChI=1S/C9H11N.C2H6/c1-7-4-5-9-8(7)3-2-6-10-9;1-2/h2-3,6-7H,4-5H2,1H3;1-2H3. The third-order valence-electron chi connectivity index (χ3n) is 2.27. The molecule has 66 valence electrons. The quantitative estimate of drug-likeness (QED) is 0.572. The molecule has 0 N–H and O–H groups in total. The topological polar surface area (TPSA) is 12.9 Å². The van der Waals surface area contributed by atoms with Crippen molar-refractivity contribution in [3.63, 3.8) is 0 Å². The molecule has 1 heterocycles. The Kier molecular flexibility index (Phi) is 3.27. The third kappa shape index (κ3) is 1.66. The lowest BCUT2D eigenvalue weighted by Gasteiger charge is -2.00. The van der Waals surface area contributed by atoms with Gasteiger partial charge in [0.15, 0.2) is 0 Å². The van der Waals surface area contributed by atoms with Crippen molar-refractivity contribution in [3.8, 4) is 0 Å². The molecule has 1 heteroatoms. The Morgan fingerprint density at radius 3 is 2.83 bits per heavy atom. The minimum atomic E-state index is 0.740. The molecule has 2 rings (SSSR count). The van der Waals surface area contributed by atoms with Crippen molar-refractivity contribution in [1.82, 2.24) is 4.98 Å². The summed E-state index contributed by atoms with van der Waals surface area (Å²) in [5.74, 6) is 0.740. The predicted molar refractivity (Wildman–Crippen MR) is 52.3 cm³/mol. The second-order valence-electron chi connectivity index (χ2n) is 2.98. The Balaban J connectivity index is 0.000000336. The Morgan fingerprint density at radius 1 is 1.42 bits per heavy atom. The van der Waals surface area contributed by atoms with Crippen molar-refractivity contribution in [1.29, 1.82) is 0 Å². The molecule has 1 aliphatic carbocycles. The van der Waals surface area contributed by atoms with Crippen LogP contribution in [0.15, 0.2) is 18.3 Å². The van der Waals surface area contributed by atoms with E-state index in [2.05, 4.69) is 18.0 Å². The number of rotatable bonds is 0. The van der Waals surface area contributed by atoms with Crippen LogP contribution in [0, 0.1) is 0 Å². The summed E-state index contributed by atoms with van der Waals surface area (Å²) in [5.41, 5.74) is 2.78. The van der Waals surface area contributed by atoms with Crippen LogP contribution in [0.4, 0.5) is 0 Å². The number of aryl methyl sites for hydroxylation is 1. The third-order valence-corrected chi connectivity index (χ3v) is 2.27. The van der Waals surface area contributed by atoms with Crippen molar-refractivity contribution in [2.45, 2.75) is 39.5 Å². The summed E-state index contributed by atoms with van der Waals surface area (Å²) >= 11 is 0. The first kappa shape index (κ1) is 9.24. The summed E-state index contributed by atoms with van der Waals surface area (Å²) in [5, 5.41) is 0. The van der Waals surface area contributed by atoms with Gasteiger partial charge in [-0.15, -0.1) is 0 Å². The van der Waals surface area contributed by atoms with Crippen molar-refractivity contribution >= 4 is 0 Å². The summed E-state index contributed by atoms with van der Waals surface area (Å²) in [4.78, 5) is 4.31. The number of nitrogens with zero attached hydrogens (tertiary/aromatic N) is 1. The van der Waals surface area contributed by atoms with E-state index in [1.807, 2.05) is 26.1 Å². The zero-order chi connectivity index (χ0) is 8.97. The Labute approximate surface area is 74.8 Å². The molecule has 0 saturated heterocycles. The molecule has 12 heavy (non-hydrogen) atoms. The van der Waals surface area contributed by atoms with E-state index in [0.717, 1.165) is 5.92 Å². The van der Waals surface area contributed by atoms with Crippen LogP contribution < -0.4 is 0 Å². The molecule has 1 aliphatic rings. The van der Waals surface area contributed by atoms with Gasteiger partial charge >= 0.3 is 0 Å². The highest BCUT2D eigenvalue weighted by Gasteiger charge is 2.17. The summed E-state index contributed by atoms with van der Waals surface area (Å²) in [6, 6.07) is 4.22. The van der Waals surface area contributed by atoms with E-state index in [0.29, 0.717) is 0 Å². The van der Waals surface area contributed by atoms with Gasteiger partial charge in [0.2, 0.25) is 0 Å². The van der Waals surface area contributed by atoms with Crippen LogP contribution in [0.5, 0.6) is 0 Å². The van der Waals surface area contributed by atoms with Crippen LogP contribution in [0.3, 0.4) is 0 Å². The van der Waals surface area contributed by atoms with Gasteiger partial charge in [0.25, 0.3) is 0 Å². The highest BCUT2D eigenvalue weighted by Crippen LogP contribution is 2.30. The van der Waals surface area contributed by atoms with Crippen molar-refractivity contribution in [3.05, 3.63) is 29.6 Å². The van der Waals surface area contributed by atoms with E-state index in [9.17, 15) is 0 Å². The van der Waals surface area contributed by atoms with E-state index >= 15 is 0 Å². The van der Waals surface area contributed by atoms with Gasteiger partial charge in [-0.2, -0.15) is 0 Å². The first-order valence-electron chi connectivity index (χ1n) is 4.81. The molecule has 1 aromatic heterocycles. The van der Waals surface area contributed by atoms with Gasteiger partial charge in [0, 0.05) is 11.9 Å². The van der Waals surface area contributed by atoms with Gasteiger partial charge in [-0.1, -0.05) is 26.8 Å². The predicted octanol–water partition coefficient (Wildman–Crippen LogP) is 3.16. The lowest BCUT2D eigenvalue weighted by molar-refractivity contribution is 0.746. The normalized spacial score (nSPS) is 19.4. The molecule has 0 radical (unpaired) electrons. The molecule has 1 nitrogen and oxygen atoms in total. The van der Waals surface area contributed by atoms with Crippen LogP contribution in [0.25, 0.3) is 0 Å². The van der Waals surface area contributed by atoms with Gasteiger partial charge in [0.1, 0.15) is 0 Å². The zero-order valence-electron chi connectivity index (χ0n) is 8.17. The molecule has 1 atom stereocenters. The Hall–Kier alpha value is -0.850. The molecule has 0 amide bonds. The van der Waals surface area contributed by atoms with Crippen molar-refractivity contribution in [2.24, 2.45) is 0 Å². The maximum absolute atomic E-state index is 4.31. The molecular weight excluding hydrogens is 146 g/mol. The maximum Gasteiger partial charge on any atom is 0.0438 e. The number of hydrogen-bond donors (Lipinski definition) is 0. The average Bonchev–Trinajstić information content (AvgIpc) is 2.53. The summed E-state index contributed by atoms with van der Waals surface area (Å²) in [6.07, 6.45) is 4.35. The lowest BCUT2D eigenvalue weighted by Crippen LogP contribution is -1.86. The number of fused-ring (bicyclic) bond motifs is 1. The molecule has 0 spiro atoms. The van der Waals surface area contributed by atoms with Gasteiger partial charge < -0.3 is 0 Å². The zero-order valence-corrected chi connectivity index (χ0v) is 8.17. The summed E-state index contributed by atoms with van der Waals surface area (Å²) in [7, 11) is 0. The maximum atomic E-state index is 4.31. The lowest BCUT2D eigenvalue weighted by atomic mass is 10.1. The van der Waals surface area contributed by atoms with Crippen LogP contribution >= 0.6 is 0 Å². The second kappa shape index (κ2) is 4.24. The van der Waals surface area contributed by atoms with Gasteiger partial charge in [-0.3, -0.25) is 4.98 Å². The molecule has 0 aliphatic heterocycles. The van der Waals surface area contributed by atoms with E-state index in [4.69, 9.17) is 0 Å². The van der Waals surface area contributed by atoms with E-state index in [1.54, 1.807) is 0 Å². The smallest absolute Gasteiger partial charge is 0.0438 e. The molecule has 0 bridgehead atoms. The molecule has 0 fully saturated rings. The minimum absolute atomic E-state index is 0.740. The Morgan fingerprint density at radius 2 is 2.17 bits per heavy atom. The minimum Gasteiger partial charge on any atom is -0.261 e. The van der Waals surface area contributed by atoms with Gasteiger partial charge in [-0.25, -0.2) is 0 Å². The first-order valence-corrected chi connectivity index (χ1v) is 4.81. The number of hydrogen-bond acceptors (Lipinski definition) is 1. The van der Waals surface area contributed by atoms with Crippen LogP contribution in [-0.4, -0.2) is 4.98 Å². The molecule has 1 aromatic rings. The highest BCUT2D eigenvalue weighted by atomic mass is 14.7. The van der Waals surface area contributed by atoms with E-state index in [1.165, 1.54) is 24.1 Å². The second-order valence-corrected chi connectivity index (χ2v) is 2.98. The van der Waals surface area contributed by atoms with E-state index < -0.39 is 0 Å². The molecule has 1 unspecified atom stereocenters. The molecule has 0 saturated carbocycles. The van der Waals surface area contributed by atoms with Crippen molar-refractivity contribution in [2.75, 3.05) is 0 Å². The fourth-order valence-electron chi connectivity index (χ4n) is 1.62. The SMILES string of the molecule is CC.CC1CCc2ncccc21. The largest absolute Gasteiger partial charge is 0.261 e. The summed E-state index contributed by atoms with van der Waals surface area (Å²) in [6.45, 7) is 6.27. The highest BCUT2D eigenvalue weighted by molar-refractivity contribution is 5.28. The van der Waals surface area contributed by atoms with Crippen LogP contribution in [0.2, 0.25) is 0 Å². The van der Waals surface area contributed by atoms with Gasteiger partial charge in [0.05, 0.1) is 0 Å². The van der Waals surface area contributed by atoms with Gasteiger partial charge in [-0.05, 0) is 30.4 Å². The molecule has 0 aromatic carbocycles. The van der Waals surface area contributed by atoms with E-state index in [-0.39, 0.29) is 0 Å². The first-order chi connectivity index (χ1) is 5.88. The molecular formula is C11H17N. The fourth-order valence-corrected chi connectivity index (χ4v) is 1.62. The monoisotopic (exact) mass is 163 g/mol. The van der Waals surface area contributed by atoms with Crippen LogP contribution in [0.1, 0.15) is 44.4 Å². The fraction of sp³-hybridized carbons (Fsp3) is 0.545. The van der Waals surface area contributed by atoms with Crippen LogP contribution in [-0.2, 0) is 6.42 Å². The summed E-state index contributed by atoms with van der Waals surface area (Å²) < 4.78 is 0. The number of pyridine rings is 1. The van der Waals surface area contributed by atoms with Crippen molar-refractivity contribution < 1.29 is 0 Å². The number of aromatic nitrogens is 1. The Bertz CT molecular complexity index is 243. The average molecular weight is 163 g/mol.